The van der Waals surface area contributed by atoms with Crippen molar-refractivity contribution in [3.63, 3.8) is 0 Å². The third kappa shape index (κ3) is 33.0. The SMILES string of the molecule is CC/C=C\C/C=C\C/C=C\C/C=C\C/C=C\C/C=C\C/C=C\C/C=C\CCCCCCCCCCCCCCC(=O)NC(COC1OC(CO)C(OC2OC(CO)C(OC3OC(CO)C(O)C(O)C3O)C(O)C2O)C(O)C1O)C(O)/C=C/CC/C=C/CCC. The van der Waals surface area contributed by atoms with Crippen LogP contribution in [0.3, 0.4) is 0 Å². The van der Waals surface area contributed by atoms with Gasteiger partial charge in [0.1, 0.15) is 73.2 Å². The average molecular weight is 1260 g/mol. The highest BCUT2D eigenvalue weighted by Gasteiger charge is 2.53. The van der Waals surface area contributed by atoms with Crippen LogP contribution < -0.4 is 5.32 Å². The number of carbonyl (C=O) groups excluding carboxylic acids is 1. The fraction of sp³-hybridized carbons (Fsp3) is 0.700. The van der Waals surface area contributed by atoms with Gasteiger partial charge < -0.3 is 89.9 Å². The number of hydrogen-bond donors (Lipinski definition) is 12. The van der Waals surface area contributed by atoms with Crippen molar-refractivity contribution in [2.75, 3.05) is 26.4 Å². The first-order valence-electron chi connectivity index (χ1n) is 33.3. The number of hydrogen-bond acceptors (Lipinski definition) is 18. The molecule has 12 N–H and O–H groups in total. The third-order valence-electron chi connectivity index (χ3n) is 15.7. The molecule has 0 aliphatic carbocycles. The molecule has 3 heterocycles. The van der Waals surface area contributed by atoms with Crippen LogP contribution in [0.1, 0.15) is 181 Å². The first-order chi connectivity index (χ1) is 43.3. The quantitative estimate of drug-likeness (QED) is 0.0203. The molecule has 89 heavy (non-hydrogen) atoms. The number of aliphatic hydroxyl groups excluding tert-OH is 11. The predicted molar refractivity (Wildman–Crippen MR) is 346 cm³/mol. The second-order valence-corrected chi connectivity index (χ2v) is 23.2. The fourth-order valence-electron chi connectivity index (χ4n) is 10.3. The van der Waals surface area contributed by atoms with E-state index in [0.717, 1.165) is 103 Å². The normalized spacial score (nSPS) is 29.0. The molecule has 3 aliphatic rings. The third-order valence-corrected chi connectivity index (χ3v) is 15.7. The number of carbonyl (C=O) groups is 1. The maximum absolute atomic E-state index is 13.3. The number of allylic oxidation sites excluding steroid dienone is 19. The number of ether oxygens (including phenoxy) is 6. The Hall–Kier alpha value is -3.81. The monoisotopic (exact) mass is 1260 g/mol. The first kappa shape index (κ1) is 79.4. The minimum Gasteiger partial charge on any atom is -0.394 e. The molecule has 508 valence electrons. The van der Waals surface area contributed by atoms with E-state index in [9.17, 15) is 61.0 Å². The van der Waals surface area contributed by atoms with Crippen LogP contribution in [0.5, 0.6) is 0 Å². The average Bonchev–Trinajstić information content (AvgIpc) is 2.14. The van der Waals surface area contributed by atoms with E-state index < -0.39 is 124 Å². The van der Waals surface area contributed by atoms with Crippen molar-refractivity contribution in [1.29, 1.82) is 0 Å². The van der Waals surface area contributed by atoms with Crippen LogP contribution in [-0.4, -0.2) is 193 Å². The Morgan fingerprint density at radius 3 is 1.25 bits per heavy atom. The van der Waals surface area contributed by atoms with Crippen molar-refractivity contribution in [1.82, 2.24) is 5.32 Å². The number of nitrogens with one attached hydrogen (secondary N) is 1. The van der Waals surface area contributed by atoms with E-state index in [1.165, 1.54) is 44.9 Å². The molecule has 0 aromatic rings. The summed E-state index contributed by atoms with van der Waals surface area (Å²) in [5.74, 6) is -0.299. The standard InChI is InChI=1S/C70H115NO18/c1-3-5-7-9-11-12-13-14-15-16-17-18-19-20-21-22-23-24-25-26-27-28-29-30-31-32-33-34-35-36-37-38-39-40-42-44-46-48-58(76)71-53(54(75)47-45-43-41-10-8-6-4-2)52-84-68-64(82)61(79)66(56(50-73)86-68)89-70-65(83)62(80)67(57(51-74)87-70)88-69-63(81)60(78)59(77)55(49-72)85-69/h5,7-8,10-12,14-15,17-18,20-21,23-24,26-27,29-30,45,47,53-57,59-70,72-75,77-83H,3-4,6,9,13,16,19,22,25,28,31-44,46,48-52H2,1-2H3,(H,71,76)/b7-5-,10-8+,12-11-,15-14-,18-17-,21-20-,24-23-,27-26-,30-29-,47-45+. The molecule has 3 rings (SSSR count). The van der Waals surface area contributed by atoms with Gasteiger partial charge in [-0.05, 0) is 89.9 Å². The molecule has 17 atom stereocenters. The molecule has 0 radical (unpaired) electrons. The van der Waals surface area contributed by atoms with Gasteiger partial charge in [0.2, 0.25) is 5.91 Å². The molecule has 0 saturated carbocycles. The van der Waals surface area contributed by atoms with Crippen molar-refractivity contribution in [3.05, 3.63) is 122 Å². The summed E-state index contributed by atoms with van der Waals surface area (Å²) in [6, 6.07) is -0.995. The van der Waals surface area contributed by atoms with Gasteiger partial charge in [0.15, 0.2) is 18.9 Å². The van der Waals surface area contributed by atoms with E-state index in [-0.39, 0.29) is 18.9 Å². The minimum absolute atomic E-state index is 0.224. The van der Waals surface area contributed by atoms with Crippen LogP contribution in [0.15, 0.2) is 122 Å². The molecular weight excluding hydrogens is 1140 g/mol. The Balaban J connectivity index is 1.30. The lowest BCUT2D eigenvalue weighted by molar-refractivity contribution is -0.379. The summed E-state index contributed by atoms with van der Waals surface area (Å²) >= 11 is 0. The van der Waals surface area contributed by atoms with Crippen LogP contribution in [0.25, 0.3) is 0 Å². The zero-order valence-electron chi connectivity index (χ0n) is 53.4. The van der Waals surface area contributed by atoms with Gasteiger partial charge in [-0.1, -0.05) is 206 Å². The van der Waals surface area contributed by atoms with Crippen LogP contribution in [0, 0.1) is 0 Å². The Labute approximate surface area is 531 Å². The first-order valence-corrected chi connectivity index (χ1v) is 33.3. The van der Waals surface area contributed by atoms with Gasteiger partial charge in [0.05, 0.1) is 38.6 Å². The van der Waals surface area contributed by atoms with Crippen LogP contribution in [-0.2, 0) is 33.2 Å². The molecule has 17 unspecified atom stereocenters. The number of rotatable bonds is 48. The van der Waals surface area contributed by atoms with Crippen LogP contribution in [0.2, 0.25) is 0 Å². The van der Waals surface area contributed by atoms with Gasteiger partial charge in [-0.15, -0.1) is 0 Å². The Morgan fingerprint density at radius 2 is 0.787 bits per heavy atom. The summed E-state index contributed by atoms with van der Waals surface area (Å²) in [5, 5.41) is 120. The lowest BCUT2D eigenvalue weighted by Crippen LogP contribution is -2.66. The molecule has 3 saturated heterocycles. The Bertz CT molecular complexity index is 2090. The molecule has 3 aliphatic heterocycles. The molecule has 19 nitrogen and oxygen atoms in total. The topological polar surface area (TPSA) is 307 Å². The largest absolute Gasteiger partial charge is 0.394 e. The minimum atomic E-state index is -1.98. The second-order valence-electron chi connectivity index (χ2n) is 23.2. The summed E-state index contributed by atoms with van der Waals surface area (Å²) in [6.07, 6.45) is 42.5. The number of unbranched alkanes of at least 4 members (excludes halogenated alkanes) is 14. The summed E-state index contributed by atoms with van der Waals surface area (Å²) in [5.41, 5.74) is 0. The fourth-order valence-corrected chi connectivity index (χ4v) is 10.3. The smallest absolute Gasteiger partial charge is 0.220 e. The zero-order chi connectivity index (χ0) is 64.7. The second kappa shape index (κ2) is 50.7. The van der Waals surface area contributed by atoms with E-state index in [4.69, 9.17) is 28.4 Å². The van der Waals surface area contributed by atoms with Crippen LogP contribution in [0.4, 0.5) is 0 Å². The summed E-state index contributed by atoms with van der Waals surface area (Å²) < 4.78 is 34.1. The van der Waals surface area contributed by atoms with Gasteiger partial charge in [0, 0.05) is 6.42 Å². The molecule has 19 heteroatoms. The molecule has 0 aromatic carbocycles. The van der Waals surface area contributed by atoms with Crippen molar-refractivity contribution in [2.24, 2.45) is 0 Å². The number of amides is 1. The molecule has 0 aromatic heterocycles. The molecule has 1 amide bonds. The maximum Gasteiger partial charge on any atom is 0.220 e. The summed E-state index contributed by atoms with van der Waals surface area (Å²) in [7, 11) is 0. The maximum atomic E-state index is 13.3. The Kier molecular flexibility index (Phi) is 45.3. The van der Waals surface area contributed by atoms with E-state index >= 15 is 0 Å². The highest BCUT2D eigenvalue weighted by molar-refractivity contribution is 5.76. The van der Waals surface area contributed by atoms with Gasteiger partial charge in [-0.2, -0.15) is 0 Å². The highest BCUT2D eigenvalue weighted by Crippen LogP contribution is 2.33. The van der Waals surface area contributed by atoms with Crippen molar-refractivity contribution in [3.8, 4) is 0 Å². The van der Waals surface area contributed by atoms with Crippen molar-refractivity contribution in [2.45, 2.75) is 285 Å². The van der Waals surface area contributed by atoms with Crippen molar-refractivity contribution >= 4 is 5.91 Å². The number of aliphatic hydroxyl groups is 11. The van der Waals surface area contributed by atoms with Crippen LogP contribution >= 0.6 is 0 Å². The molecule has 0 bridgehead atoms. The lowest BCUT2D eigenvalue weighted by Gasteiger charge is -2.48. The predicted octanol–water partition coefficient (Wildman–Crippen LogP) is 8.04. The van der Waals surface area contributed by atoms with Crippen molar-refractivity contribution < 1.29 is 89.4 Å². The van der Waals surface area contributed by atoms with Gasteiger partial charge in [-0.3, -0.25) is 4.79 Å². The van der Waals surface area contributed by atoms with E-state index in [1.54, 1.807) is 12.2 Å². The molecular formula is C70H115NO18. The highest BCUT2D eigenvalue weighted by atomic mass is 16.8. The zero-order valence-corrected chi connectivity index (χ0v) is 53.4. The van der Waals surface area contributed by atoms with E-state index in [2.05, 4.69) is 129 Å². The molecule has 3 fully saturated rings. The van der Waals surface area contributed by atoms with Gasteiger partial charge in [-0.25, -0.2) is 0 Å². The summed E-state index contributed by atoms with van der Waals surface area (Å²) in [6.45, 7) is 1.43. The van der Waals surface area contributed by atoms with E-state index in [0.29, 0.717) is 12.8 Å². The summed E-state index contributed by atoms with van der Waals surface area (Å²) in [4.78, 5) is 13.3. The van der Waals surface area contributed by atoms with E-state index in [1.807, 2.05) is 0 Å². The van der Waals surface area contributed by atoms with Gasteiger partial charge >= 0.3 is 0 Å². The molecule has 0 spiro atoms. The Morgan fingerprint density at radius 1 is 0.416 bits per heavy atom. The van der Waals surface area contributed by atoms with Gasteiger partial charge in [0.25, 0.3) is 0 Å². The lowest BCUT2D eigenvalue weighted by atomic mass is 9.96.